The molecule has 0 aliphatic heterocycles. The van der Waals surface area contributed by atoms with Crippen molar-refractivity contribution in [1.29, 1.82) is 0 Å². The molecule has 0 aliphatic carbocycles. The number of benzene rings is 2. The van der Waals surface area contributed by atoms with Gasteiger partial charge >= 0.3 is 0 Å². The van der Waals surface area contributed by atoms with E-state index in [1.165, 1.54) is 12.1 Å². The molecule has 0 aliphatic rings. The van der Waals surface area contributed by atoms with E-state index in [2.05, 4.69) is 26.6 Å². The van der Waals surface area contributed by atoms with E-state index in [1.807, 2.05) is 32.9 Å². The van der Waals surface area contributed by atoms with E-state index >= 15 is 0 Å². The van der Waals surface area contributed by atoms with E-state index in [9.17, 15) is 14.0 Å². The fourth-order valence-corrected chi connectivity index (χ4v) is 3.30. The van der Waals surface area contributed by atoms with Crippen LogP contribution < -0.4 is 10.6 Å². The van der Waals surface area contributed by atoms with Crippen molar-refractivity contribution in [2.75, 3.05) is 0 Å². The van der Waals surface area contributed by atoms with Crippen LogP contribution in [0.15, 0.2) is 46.9 Å². The normalized spacial score (nSPS) is 11.9. The first-order valence-corrected chi connectivity index (χ1v) is 9.64. The molecular weight excluding hydrogens is 411 g/mol. The molecule has 1 unspecified atom stereocenters. The minimum Gasteiger partial charge on any atom is -0.350 e. The van der Waals surface area contributed by atoms with Gasteiger partial charge in [0.15, 0.2) is 0 Å². The predicted molar refractivity (Wildman–Crippen MR) is 108 cm³/mol. The van der Waals surface area contributed by atoms with Crippen molar-refractivity contribution < 1.29 is 14.0 Å². The Bertz CT molecular complexity index is 803. The van der Waals surface area contributed by atoms with Gasteiger partial charge in [-0.05, 0) is 54.7 Å². The number of amides is 2. The van der Waals surface area contributed by atoms with E-state index in [1.54, 1.807) is 18.2 Å². The van der Waals surface area contributed by atoms with Crippen LogP contribution in [-0.4, -0.2) is 17.9 Å². The molecule has 4 nitrogen and oxygen atoms in total. The van der Waals surface area contributed by atoms with Gasteiger partial charge in [-0.15, -0.1) is 0 Å². The maximum Gasteiger partial charge on any atom is 0.252 e. The van der Waals surface area contributed by atoms with E-state index in [0.29, 0.717) is 22.0 Å². The van der Waals surface area contributed by atoms with Gasteiger partial charge in [0, 0.05) is 16.6 Å². The summed E-state index contributed by atoms with van der Waals surface area (Å²) in [5.74, 6) is -0.713. The van der Waals surface area contributed by atoms with Crippen LogP contribution in [0.25, 0.3) is 0 Å². The molecule has 2 N–H and O–H groups in total. The third-order valence-electron chi connectivity index (χ3n) is 4.11. The average Bonchev–Trinajstić information content (AvgIpc) is 2.58. The Labute approximate surface area is 167 Å². The molecule has 2 amide bonds. The standard InChI is InChI=1S/C21H24BrFN2O2/c1-13(2)8-19(25-20(26)18-7-5-4-6-14(18)3)21(27)24-12-15-9-16(22)11-17(23)10-15/h4-7,9-11,13,19H,8,12H2,1-3H3,(H,24,27)(H,25,26). The van der Waals surface area contributed by atoms with Crippen molar-refractivity contribution in [3.63, 3.8) is 0 Å². The van der Waals surface area contributed by atoms with Crippen molar-refractivity contribution >= 4 is 27.7 Å². The molecule has 2 aromatic carbocycles. The minimum absolute atomic E-state index is 0.185. The Morgan fingerprint density at radius 1 is 1.15 bits per heavy atom. The van der Waals surface area contributed by atoms with Crippen molar-refractivity contribution in [3.05, 3.63) is 69.4 Å². The van der Waals surface area contributed by atoms with Gasteiger partial charge in [0.2, 0.25) is 5.91 Å². The van der Waals surface area contributed by atoms with Gasteiger partial charge in [0.05, 0.1) is 0 Å². The second-order valence-electron chi connectivity index (χ2n) is 6.97. The molecule has 6 heteroatoms. The van der Waals surface area contributed by atoms with E-state index < -0.39 is 6.04 Å². The lowest BCUT2D eigenvalue weighted by molar-refractivity contribution is -0.123. The Hall–Kier alpha value is -2.21. The van der Waals surface area contributed by atoms with Crippen LogP contribution in [0.4, 0.5) is 4.39 Å². The van der Waals surface area contributed by atoms with Crippen LogP contribution in [-0.2, 0) is 11.3 Å². The van der Waals surface area contributed by atoms with Crippen LogP contribution in [0.2, 0.25) is 0 Å². The third kappa shape index (κ3) is 6.47. The number of aryl methyl sites for hydroxylation is 1. The van der Waals surface area contributed by atoms with Crippen LogP contribution in [0, 0.1) is 18.7 Å². The molecule has 0 saturated carbocycles. The first-order valence-electron chi connectivity index (χ1n) is 8.85. The average molecular weight is 435 g/mol. The Morgan fingerprint density at radius 3 is 2.48 bits per heavy atom. The van der Waals surface area contributed by atoms with Gasteiger partial charge in [-0.25, -0.2) is 4.39 Å². The molecule has 1 atom stereocenters. The first-order chi connectivity index (χ1) is 12.8. The number of nitrogens with one attached hydrogen (secondary N) is 2. The number of halogens is 2. The number of carbonyl (C=O) groups is 2. The summed E-state index contributed by atoms with van der Waals surface area (Å²) in [4.78, 5) is 25.2. The first kappa shape index (κ1) is 21.1. The largest absolute Gasteiger partial charge is 0.350 e. The van der Waals surface area contributed by atoms with E-state index in [-0.39, 0.29) is 30.1 Å². The molecular formula is C21H24BrFN2O2. The zero-order valence-corrected chi connectivity index (χ0v) is 17.3. The molecule has 27 heavy (non-hydrogen) atoms. The topological polar surface area (TPSA) is 58.2 Å². The monoisotopic (exact) mass is 434 g/mol. The number of hydrogen-bond acceptors (Lipinski definition) is 2. The van der Waals surface area contributed by atoms with Crippen molar-refractivity contribution in [2.45, 2.75) is 39.8 Å². The second kappa shape index (κ2) is 9.65. The fourth-order valence-electron chi connectivity index (χ4n) is 2.79. The zero-order valence-electron chi connectivity index (χ0n) is 15.7. The summed E-state index contributed by atoms with van der Waals surface area (Å²) >= 11 is 3.24. The summed E-state index contributed by atoms with van der Waals surface area (Å²) < 4.78 is 14.1. The SMILES string of the molecule is Cc1ccccc1C(=O)NC(CC(C)C)C(=O)NCc1cc(F)cc(Br)c1. The van der Waals surface area contributed by atoms with E-state index in [0.717, 1.165) is 5.56 Å². The van der Waals surface area contributed by atoms with Crippen LogP contribution in [0.3, 0.4) is 0 Å². The maximum absolute atomic E-state index is 13.5. The highest BCUT2D eigenvalue weighted by Gasteiger charge is 2.23. The molecule has 0 fully saturated rings. The molecule has 144 valence electrons. The summed E-state index contributed by atoms with van der Waals surface area (Å²) in [6, 6.07) is 11.1. The van der Waals surface area contributed by atoms with Gasteiger partial charge in [0.25, 0.3) is 5.91 Å². The van der Waals surface area contributed by atoms with Crippen molar-refractivity contribution in [2.24, 2.45) is 5.92 Å². The van der Waals surface area contributed by atoms with Gasteiger partial charge < -0.3 is 10.6 Å². The molecule has 2 aromatic rings. The summed E-state index contributed by atoms with van der Waals surface area (Å²) in [6.45, 7) is 6.02. The fraction of sp³-hybridized carbons (Fsp3) is 0.333. The molecule has 0 bridgehead atoms. The van der Waals surface area contributed by atoms with Gasteiger partial charge in [-0.1, -0.05) is 48.0 Å². The summed E-state index contributed by atoms with van der Waals surface area (Å²) in [5, 5.41) is 5.62. The number of hydrogen-bond donors (Lipinski definition) is 2. The molecule has 0 radical (unpaired) electrons. The summed E-state index contributed by atoms with van der Waals surface area (Å²) in [7, 11) is 0. The molecule has 0 spiro atoms. The van der Waals surface area contributed by atoms with Gasteiger partial charge in [-0.3, -0.25) is 9.59 Å². The Balaban J connectivity index is 2.07. The number of rotatable bonds is 7. The maximum atomic E-state index is 13.5. The van der Waals surface area contributed by atoms with Crippen molar-refractivity contribution in [3.8, 4) is 0 Å². The molecule has 0 aromatic heterocycles. The lowest BCUT2D eigenvalue weighted by Gasteiger charge is -2.21. The minimum atomic E-state index is -0.658. The zero-order chi connectivity index (χ0) is 20.0. The summed E-state index contributed by atoms with van der Waals surface area (Å²) in [6.07, 6.45) is 0.510. The highest BCUT2D eigenvalue weighted by molar-refractivity contribution is 9.10. The lowest BCUT2D eigenvalue weighted by Crippen LogP contribution is -2.47. The molecule has 0 saturated heterocycles. The lowest BCUT2D eigenvalue weighted by atomic mass is 10.0. The second-order valence-corrected chi connectivity index (χ2v) is 7.88. The van der Waals surface area contributed by atoms with Gasteiger partial charge in [0.1, 0.15) is 11.9 Å². The van der Waals surface area contributed by atoms with Crippen LogP contribution in [0.1, 0.15) is 41.8 Å². The highest BCUT2D eigenvalue weighted by atomic mass is 79.9. The Kier molecular flexibility index (Phi) is 7.54. The van der Waals surface area contributed by atoms with Crippen molar-refractivity contribution in [1.82, 2.24) is 10.6 Å². The summed E-state index contributed by atoms with van der Waals surface area (Å²) in [5.41, 5.74) is 2.04. The van der Waals surface area contributed by atoms with Crippen LogP contribution in [0.5, 0.6) is 0 Å². The molecule has 2 rings (SSSR count). The highest BCUT2D eigenvalue weighted by Crippen LogP contribution is 2.15. The van der Waals surface area contributed by atoms with E-state index in [4.69, 9.17) is 0 Å². The Morgan fingerprint density at radius 2 is 1.85 bits per heavy atom. The quantitative estimate of drug-likeness (QED) is 0.679. The smallest absolute Gasteiger partial charge is 0.252 e. The van der Waals surface area contributed by atoms with Gasteiger partial charge in [-0.2, -0.15) is 0 Å². The molecule has 0 heterocycles. The third-order valence-corrected chi connectivity index (χ3v) is 4.57. The predicted octanol–water partition coefficient (Wildman–Crippen LogP) is 4.36. The van der Waals surface area contributed by atoms with Crippen LogP contribution >= 0.6 is 15.9 Å². The number of carbonyl (C=O) groups excluding carboxylic acids is 2.